The Hall–Kier alpha value is -3.56. The molecule has 37 heavy (non-hydrogen) atoms. The van der Waals surface area contributed by atoms with Crippen molar-refractivity contribution < 1.29 is 22.7 Å². The average Bonchev–Trinajstić information content (AvgIpc) is 2.86. The molecule has 0 aliphatic carbocycles. The number of hydrogen-bond donors (Lipinski definition) is 2. The number of hydrogen-bond acceptors (Lipinski definition) is 5. The SMILES string of the molecule is COc1ccc(N(CCCC(=O)Nc2ccccc2C(=O)NCCc2ccccc2)S(C)(=O)=O)cc1Cl. The molecule has 0 heterocycles. The number of ether oxygens (including phenoxy) is 1. The van der Waals surface area contributed by atoms with E-state index in [2.05, 4.69) is 10.6 Å². The summed E-state index contributed by atoms with van der Waals surface area (Å²) in [4.78, 5) is 25.4. The number of nitrogens with one attached hydrogen (secondary N) is 2. The van der Waals surface area contributed by atoms with Crippen LogP contribution in [-0.2, 0) is 21.2 Å². The van der Waals surface area contributed by atoms with Crippen LogP contribution in [0.2, 0.25) is 5.02 Å². The van der Waals surface area contributed by atoms with E-state index in [0.717, 1.165) is 11.8 Å². The number of rotatable bonds is 12. The molecule has 2 N–H and O–H groups in total. The van der Waals surface area contributed by atoms with Gasteiger partial charge >= 0.3 is 0 Å². The molecule has 3 aromatic carbocycles. The van der Waals surface area contributed by atoms with Crippen LogP contribution in [0.15, 0.2) is 72.8 Å². The van der Waals surface area contributed by atoms with Gasteiger partial charge in [0, 0.05) is 19.5 Å². The summed E-state index contributed by atoms with van der Waals surface area (Å²) in [6.45, 7) is 0.540. The normalized spacial score (nSPS) is 11.0. The van der Waals surface area contributed by atoms with Gasteiger partial charge in [0.1, 0.15) is 5.75 Å². The van der Waals surface area contributed by atoms with Crippen molar-refractivity contribution in [1.82, 2.24) is 5.32 Å². The topological polar surface area (TPSA) is 105 Å². The maximum Gasteiger partial charge on any atom is 0.253 e. The highest BCUT2D eigenvalue weighted by molar-refractivity contribution is 7.92. The van der Waals surface area contributed by atoms with Gasteiger partial charge in [-0.2, -0.15) is 0 Å². The number of benzene rings is 3. The predicted octanol–water partition coefficient (Wildman–Crippen LogP) is 4.51. The molecular formula is C27H30ClN3O5S. The molecule has 0 unspecified atom stereocenters. The Balaban J connectivity index is 1.57. The Morgan fingerprint density at radius 1 is 1.00 bits per heavy atom. The number of methoxy groups -OCH3 is 1. The van der Waals surface area contributed by atoms with Gasteiger partial charge in [-0.1, -0.05) is 54.1 Å². The minimum atomic E-state index is -3.61. The number of nitrogens with zero attached hydrogens (tertiary/aromatic N) is 1. The Bertz CT molecular complexity index is 1330. The first-order chi connectivity index (χ1) is 17.7. The molecule has 0 aromatic heterocycles. The molecule has 0 saturated carbocycles. The van der Waals surface area contributed by atoms with E-state index in [1.54, 1.807) is 36.4 Å². The van der Waals surface area contributed by atoms with Gasteiger partial charge in [-0.05, 0) is 48.7 Å². The summed E-state index contributed by atoms with van der Waals surface area (Å²) in [6, 6.07) is 21.3. The predicted molar refractivity (Wildman–Crippen MR) is 147 cm³/mol. The first-order valence-corrected chi connectivity index (χ1v) is 13.9. The van der Waals surface area contributed by atoms with Gasteiger partial charge in [0.15, 0.2) is 0 Å². The number of halogens is 1. The van der Waals surface area contributed by atoms with Gasteiger partial charge in [0.2, 0.25) is 15.9 Å². The van der Waals surface area contributed by atoms with Crippen LogP contribution >= 0.6 is 11.6 Å². The van der Waals surface area contributed by atoms with Gasteiger partial charge in [0.05, 0.1) is 35.3 Å². The van der Waals surface area contributed by atoms with Crippen molar-refractivity contribution in [3.8, 4) is 5.75 Å². The van der Waals surface area contributed by atoms with Crippen molar-refractivity contribution in [1.29, 1.82) is 0 Å². The zero-order valence-corrected chi connectivity index (χ0v) is 22.3. The van der Waals surface area contributed by atoms with Crippen molar-refractivity contribution in [3.05, 3.63) is 88.9 Å². The third-order valence-electron chi connectivity index (χ3n) is 5.58. The molecule has 8 nitrogen and oxygen atoms in total. The molecule has 3 rings (SSSR count). The van der Waals surface area contributed by atoms with E-state index in [1.807, 2.05) is 30.3 Å². The Kier molecular flexibility index (Phi) is 9.93. The van der Waals surface area contributed by atoms with Crippen LogP contribution in [0.1, 0.15) is 28.8 Å². The van der Waals surface area contributed by atoms with E-state index >= 15 is 0 Å². The lowest BCUT2D eigenvalue weighted by Gasteiger charge is -2.23. The van der Waals surface area contributed by atoms with Gasteiger partial charge < -0.3 is 15.4 Å². The van der Waals surface area contributed by atoms with E-state index in [1.165, 1.54) is 17.5 Å². The van der Waals surface area contributed by atoms with Crippen molar-refractivity contribution >= 4 is 44.8 Å². The highest BCUT2D eigenvalue weighted by Crippen LogP contribution is 2.30. The third kappa shape index (κ3) is 8.23. The second-order valence-corrected chi connectivity index (χ2v) is 10.7. The van der Waals surface area contributed by atoms with Crippen molar-refractivity contribution in [2.45, 2.75) is 19.3 Å². The lowest BCUT2D eigenvalue weighted by atomic mass is 10.1. The monoisotopic (exact) mass is 543 g/mol. The smallest absolute Gasteiger partial charge is 0.253 e. The Morgan fingerprint density at radius 3 is 2.38 bits per heavy atom. The molecule has 0 fully saturated rings. The summed E-state index contributed by atoms with van der Waals surface area (Å²) in [5, 5.41) is 5.94. The quantitative estimate of drug-likeness (QED) is 0.350. The minimum Gasteiger partial charge on any atom is -0.495 e. The molecule has 0 aliphatic rings. The van der Waals surface area contributed by atoms with Crippen LogP contribution < -0.4 is 19.7 Å². The molecule has 0 saturated heterocycles. The van der Waals surface area contributed by atoms with Gasteiger partial charge in [-0.15, -0.1) is 0 Å². The average molecular weight is 544 g/mol. The van der Waals surface area contributed by atoms with Crippen LogP contribution in [0.3, 0.4) is 0 Å². The summed E-state index contributed by atoms with van der Waals surface area (Å²) >= 11 is 6.16. The van der Waals surface area contributed by atoms with Crippen LogP contribution in [0, 0.1) is 0 Å². The van der Waals surface area contributed by atoms with Crippen molar-refractivity contribution in [2.75, 3.05) is 36.1 Å². The maximum absolute atomic E-state index is 12.7. The lowest BCUT2D eigenvalue weighted by Crippen LogP contribution is -2.31. The fourth-order valence-electron chi connectivity index (χ4n) is 3.74. The highest BCUT2D eigenvalue weighted by atomic mass is 35.5. The molecule has 0 atom stereocenters. The second-order valence-electron chi connectivity index (χ2n) is 8.34. The molecule has 0 aliphatic heterocycles. The second kappa shape index (κ2) is 13.1. The number of anilines is 2. The number of carbonyl (C=O) groups is 2. The van der Waals surface area contributed by atoms with Crippen molar-refractivity contribution in [3.63, 3.8) is 0 Å². The summed E-state index contributed by atoms with van der Waals surface area (Å²) in [5.74, 6) is -0.182. The molecule has 0 bridgehead atoms. The molecule has 2 amide bonds. The Labute approximate surface area is 222 Å². The standard InChI is InChI=1S/C27H30ClN3O5S/c1-36-25-15-14-21(19-23(25)28)31(37(2,34)35)18-8-13-26(32)30-24-12-7-6-11-22(24)27(33)29-17-16-20-9-4-3-5-10-20/h3-7,9-12,14-15,19H,8,13,16-18H2,1-2H3,(H,29,33)(H,30,32). The highest BCUT2D eigenvalue weighted by Gasteiger charge is 2.19. The first-order valence-electron chi connectivity index (χ1n) is 11.7. The number of para-hydroxylation sites is 1. The van der Waals surface area contributed by atoms with Crippen LogP contribution in [0.25, 0.3) is 0 Å². The van der Waals surface area contributed by atoms with Gasteiger partial charge in [-0.3, -0.25) is 13.9 Å². The maximum atomic E-state index is 12.7. The summed E-state index contributed by atoms with van der Waals surface area (Å²) < 4.78 is 31.1. The number of sulfonamides is 1. The first kappa shape index (κ1) is 28.0. The van der Waals surface area contributed by atoms with E-state index in [-0.39, 0.29) is 36.2 Å². The zero-order valence-electron chi connectivity index (χ0n) is 20.7. The Morgan fingerprint density at radius 2 is 1.70 bits per heavy atom. The fraction of sp³-hybridized carbons (Fsp3) is 0.259. The minimum absolute atomic E-state index is 0.0554. The molecular weight excluding hydrogens is 514 g/mol. The van der Waals surface area contributed by atoms with Gasteiger partial charge in [0.25, 0.3) is 5.91 Å². The lowest BCUT2D eigenvalue weighted by molar-refractivity contribution is -0.116. The van der Waals surface area contributed by atoms with E-state index in [0.29, 0.717) is 35.7 Å². The van der Waals surface area contributed by atoms with Gasteiger partial charge in [-0.25, -0.2) is 8.42 Å². The summed E-state index contributed by atoms with van der Waals surface area (Å²) in [5.41, 5.74) is 2.25. The fourth-order valence-corrected chi connectivity index (χ4v) is 4.95. The van der Waals surface area contributed by atoms with Crippen LogP contribution in [0.4, 0.5) is 11.4 Å². The van der Waals surface area contributed by atoms with E-state index < -0.39 is 10.0 Å². The van der Waals surface area contributed by atoms with Crippen molar-refractivity contribution in [2.24, 2.45) is 0 Å². The molecule has 0 spiro atoms. The third-order valence-corrected chi connectivity index (χ3v) is 7.07. The largest absolute Gasteiger partial charge is 0.495 e. The molecule has 10 heteroatoms. The number of amides is 2. The zero-order chi connectivity index (χ0) is 26.8. The molecule has 0 radical (unpaired) electrons. The van der Waals surface area contributed by atoms with Crippen LogP contribution in [0.5, 0.6) is 5.75 Å². The number of carbonyl (C=O) groups excluding carboxylic acids is 2. The van der Waals surface area contributed by atoms with E-state index in [4.69, 9.17) is 16.3 Å². The van der Waals surface area contributed by atoms with Crippen LogP contribution in [-0.4, -0.2) is 46.7 Å². The summed E-state index contributed by atoms with van der Waals surface area (Å²) in [7, 11) is -2.14. The molecule has 3 aromatic rings. The summed E-state index contributed by atoms with van der Waals surface area (Å²) in [6.07, 6.45) is 2.10. The molecule has 196 valence electrons. The van der Waals surface area contributed by atoms with E-state index in [9.17, 15) is 18.0 Å².